The molecule has 37 heteroatoms. The summed E-state index contributed by atoms with van der Waals surface area (Å²) in [5.41, 5.74) is 63.4. The highest BCUT2D eigenvalue weighted by molar-refractivity contribution is 6.01. The van der Waals surface area contributed by atoms with Gasteiger partial charge in [0.25, 0.3) is 0 Å². The molecule has 3 heterocycles. The van der Waals surface area contributed by atoms with E-state index in [4.69, 9.17) is 74.2 Å². The van der Waals surface area contributed by atoms with Crippen molar-refractivity contribution in [3.8, 4) is 12.3 Å². The summed E-state index contributed by atoms with van der Waals surface area (Å²) >= 11 is 0. The van der Waals surface area contributed by atoms with E-state index in [1.165, 1.54) is 20.8 Å². The number of nitrogens with two attached hydrogens (primary N) is 11. The molecule has 0 spiro atoms. The standard InChI is InChI=1S/C38H57N9O5.C37H50N6O5.C36H52N6O6/c1-25(48)27(14-7-19-44-37(40)41)22-33(49)31(16-8-20-45-38(42)43)46-36(52)29(11-4-5-18-39)23-34(50)32-17-9-21-47(32)35(51)24-28-13-6-12-26-10-2-3-15-30(26)28;1-3-11-27(25(2)44)22-33(45)31(17-9-20-41-37(39)40)42-36(48)29(13-6-7-19-38)23-34(46)32-18-10-21-43(32)35(47)24-28-15-8-14-26-12-4-5-16-30(26)28;1-25(43)24-48-21-9-17-32(44)30(15-7-19-40-36(38)39)41-35(47)28(11-4-5-18-37)22-33(45)31-16-8-20-42(31)34(46)23-27-13-6-12-26-10-2-3-14-29(26)27/h2-3,6,10,12-13,15,27,29,31-32H,4-5,7-9,11,14,16-24,39H2,1H3,(H,46,52)(H4,40,41,44)(H4,42,43,45);1,4-5,8,12,14-16,27,29,31-32H,6-7,9-11,13,17-24,38H2,2H3,(H,42,48)(H4,39,40,41);2-3,6,10,12-14,28,30-31H,4-5,7-9,11,15-24,37H2,1H3,(H,41,47)(H4,38,39,40)/t2*27-,29-,31+,32+;28-,30+,31+/m111/s1. The van der Waals surface area contributed by atoms with Gasteiger partial charge in [-0.3, -0.25) is 91.9 Å². The summed E-state index contributed by atoms with van der Waals surface area (Å²) in [6.07, 6.45) is 18.1. The van der Waals surface area contributed by atoms with Crippen LogP contribution in [0.4, 0.5) is 0 Å². The van der Waals surface area contributed by atoms with Crippen LogP contribution >= 0.6 is 0 Å². The summed E-state index contributed by atoms with van der Waals surface area (Å²) in [6.45, 7) is 8.38. The highest BCUT2D eigenvalue weighted by Gasteiger charge is 2.42. The smallest absolute Gasteiger partial charge is 0.227 e. The molecule has 6 amide bonds. The van der Waals surface area contributed by atoms with Gasteiger partial charge >= 0.3 is 0 Å². The molecule has 37 nitrogen and oxygen atoms in total. The normalized spacial score (nSPS) is 15.8. The molecule has 0 aromatic heterocycles. The van der Waals surface area contributed by atoms with Crippen LogP contribution in [0.15, 0.2) is 147 Å². The second kappa shape index (κ2) is 65.9. The molecule has 0 radical (unpaired) electrons. The van der Waals surface area contributed by atoms with E-state index < -0.39 is 77.7 Å². The Kier molecular flexibility index (Phi) is 54.0. The lowest BCUT2D eigenvalue weighted by Gasteiger charge is -2.27. The molecule has 804 valence electrons. The quantitative estimate of drug-likeness (QED) is 0.00776. The van der Waals surface area contributed by atoms with Crippen LogP contribution in [0.1, 0.15) is 237 Å². The average Bonchev–Trinajstić information content (AvgIpc) is 1.05. The SMILES string of the molecule is C#CC[C@H](CC(=O)[C@H](CCCN=C(N)N)NC(=O)[C@H](CCCCN)CC(=O)[C@@H]1CCCN1C(=O)Cc1cccc2ccccc12)C(C)=O.CC(=O)COCCCC(=O)[C@H](CCCN=C(N)N)NC(=O)[C@H](CCCCN)CC(=O)[C@@H]1CCCN1C(=O)Cc1cccc2ccccc12.CC(=O)[C@H](CCCN=C(N)N)CC(=O)[C@H](CCCN=C(N)N)NC(=O)[C@H](CCCCN)CC(=O)[C@@H]1CCCN1C(=O)Cc1cccc2ccccc12. The Morgan fingerprint density at radius 2 is 0.662 bits per heavy atom. The molecule has 148 heavy (non-hydrogen) atoms. The number of unbranched alkanes of at least 4 members (excludes halogenated alkanes) is 3. The minimum Gasteiger partial charge on any atom is -0.374 e. The van der Waals surface area contributed by atoms with Crippen molar-refractivity contribution >= 4 is 144 Å². The number of rotatable bonds is 65. The number of ether oxygens (including phenoxy) is 1. The van der Waals surface area contributed by atoms with Gasteiger partial charge in [-0.2, -0.15) is 0 Å². The largest absolute Gasteiger partial charge is 0.374 e. The van der Waals surface area contributed by atoms with Crippen LogP contribution in [0.25, 0.3) is 32.3 Å². The first kappa shape index (κ1) is 121. The Balaban J connectivity index is 0.000000301. The van der Waals surface area contributed by atoms with Crippen molar-refractivity contribution in [1.82, 2.24) is 30.7 Å². The molecule has 25 N–H and O–H groups in total. The Bertz CT molecular complexity index is 5570. The molecule has 11 atom stereocenters. The van der Waals surface area contributed by atoms with Gasteiger partial charge < -0.3 is 98.5 Å². The number of hydrogen-bond acceptors (Lipinski definition) is 23. The fraction of sp³-hybridized carbons (Fsp3) is 0.541. The van der Waals surface area contributed by atoms with Crippen LogP contribution in [-0.4, -0.2) is 241 Å². The number of Topliss-reactive ketones (excluding diaryl/α,β-unsaturated/α-hetero) is 9. The summed E-state index contributed by atoms with van der Waals surface area (Å²) < 4.78 is 5.28. The molecule has 3 aliphatic rings. The fourth-order valence-electron chi connectivity index (χ4n) is 19.4. The molecule has 6 aromatic carbocycles. The Morgan fingerprint density at radius 3 is 0.966 bits per heavy atom. The number of guanidine groups is 4. The number of terminal acetylenes is 1. The number of nitrogens with zero attached hydrogens (tertiary/aromatic N) is 7. The summed E-state index contributed by atoms with van der Waals surface area (Å²) in [5.74, 6) is -4.49. The first-order chi connectivity index (χ1) is 71.1. The number of aliphatic imine (C=N–C) groups is 4. The Hall–Kier alpha value is -13.6. The summed E-state index contributed by atoms with van der Waals surface area (Å²) in [4.78, 5) is 221. The van der Waals surface area contributed by atoms with Gasteiger partial charge in [0, 0.05) is 127 Å². The lowest BCUT2D eigenvalue weighted by atomic mass is 9.88. The minimum absolute atomic E-state index is 0.0153. The average molecular weight is 2040 g/mol. The van der Waals surface area contributed by atoms with Crippen molar-refractivity contribution in [3.63, 3.8) is 0 Å². The van der Waals surface area contributed by atoms with Gasteiger partial charge in [0.05, 0.1) is 55.5 Å². The number of nitrogens with one attached hydrogen (secondary N) is 3. The number of amides is 6. The van der Waals surface area contributed by atoms with Gasteiger partial charge in [0.2, 0.25) is 35.4 Å². The lowest BCUT2D eigenvalue weighted by molar-refractivity contribution is -0.139. The molecule has 3 aliphatic heterocycles. The molecule has 3 fully saturated rings. The van der Waals surface area contributed by atoms with Crippen molar-refractivity contribution in [2.24, 2.45) is 113 Å². The van der Waals surface area contributed by atoms with Gasteiger partial charge in [0.1, 0.15) is 18.2 Å². The maximum atomic E-state index is 13.9. The maximum absolute atomic E-state index is 13.9. The Morgan fingerprint density at radius 1 is 0.365 bits per heavy atom. The Labute approximate surface area is 869 Å². The first-order valence-electron chi connectivity index (χ1n) is 52.3. The van der Waals surface area contributed by atoms with E-state index in [2.05, 4.69) is 41.8 Å². The zero-order valence-corrected chi connectivity index (χ0v) is 86.6. The molecule has 9 rings (SSSR count). The van der Waals surface area contributed by atoms with E-state index in [0.717, 1.165) is 49.0 Å². The molecule has 0 aliphatic carbocycles. The summed E-state index contributed by atoms with van der Waals surface area (Å²) in [7, 11) is 0. The van der Waals surface area contributed by atoms with Crippen LogP contribution in [0.2, 0.25) is 0 Å². The van der Waals surface area contributed by atoms with Crippen LogP contribution in [0.5, 0.6) is 0 Å². The zero-order chi connectivity index (χ0) is 108. The van der Waals surface area contributed by atoms with Crippen LogP contribution in [0, 0.1) is 41.9 Å². The topological polar surface area (TPSA) is 647 Å². The predicted molar refractivity (Wildman–Crippen MR) is 577 cm³/mol. The number of fused-ring (bicyclic) bond motifs is 3. The minimum atomic E-state index is -0.918. The van der Waals surface area contributed by atoms with E-state index in [1.807, 2.05) is 127 Å². The number of ketones is 9. The van der Waals surface area contributed by atoms with E-state index in [1.54, 1.807) is 14.7 Å². The summed E-state index contributed by atoms with van der Waals surface area (Å²) in [5, 5.41) is 14.8. The van der Waals surface area contributed by atoms with E-state index in [9.17, 15) is 71.9 Å². The van der Waals surface area contributed by atoms with Gasteiger partial charge in [-0.25, -0.2) is 0 Å². The highest BCUT2D eigenvalue weighted by atomic mass is 16.5. The van der Waals surface area contributed by atoms with Gasteiger partial charge in [-0.15, -0.1) is 12.3 Å². The molecular formula is C111H159N21O16. The number of hydrogen-bond donors (Lipinski definition) is 14. The predicted octanol–water partition coefficient (Wildman–Crippen LogP) is 7.21. The van der Waals surface area contributed by atoms with Crippen molar-refractivity contribution in [3.05, 3.63) is 144 Å². The summed E-state index contributed by atoms with van der Waals surface area (Å²) in [6, 6.07) is 36.8. The molecular weight excluding hydrogens is 1880 g/mol. The third-order valence-corrected chi connectivity index (χ3v) is 27.4. The van der Waals surface area contributed by atoms with Gasteiger partial charge in [0.15, 0.2) is 64.3 Å². The van der Waals surface area contributed by atoms with Crippen LogP contribution in [0.3, 0.4) is 0 Å². The number of carbonyl (C=O) groups is 15. The van der Waals surface area contributed by atoms with Gasteiger partial charge in [-0.05, 0) is 224 Å². The third-order valence-electron chi connectivity index (χ3n) is 27.4. The number of likely N-dealkylation sites (tertiary alicyclic amines) is 3. The van der Waals surface area contributed by atoms with Crippen molar-refractivity contribution in [2.75, 3.05) is 78.7 Å². The zero-order valence-electron chi connectivity index (χ0n) is 86.6. The van der Waals surface area contributed by atoms with E-state index in [-0.39, 0.29) is 203 Å². The fourth-order valence-corrected chi connectivity index (χ4v) is 19.4. The number of benzene rings is 6. The van der Waals surface area contributed by atoms with Crippen LogP contribution < -0.4 is 79.0 Å². The molecule has 0 unspecified atom stereocenters. The van der Waals surface area contributed by atoms with Crippen LogP contribution in [-0.2, 0) is 95.9 Å². The molecule has 0 bridgehead atoms. The van der Waals surface area contributed by atoms with E-state index >= 15 is 0 Å². The molecule has 3 saturated heterocycles. The van der Waals surface area contributed by atoms with Crippen molar-refractivity contribution in [2.45, 2.75) is 275 Å². The first-order valence-corrected chi connectivity index (χ1v) is 52.3. The molecule has 6 aromatic rings. The second-order valence-electron chi connectivity index (χ2n) is 38.8. The van der Waals surface area contributed by atoms with Crippen molar-refractivity contribution < 1.29 is 76.7 Å². The monoisotopic (exact) mass is 2040 g/mol. The van der Waals surface area contributed by atoms with Crippen molar-refractivity contribution in [1.29, 1.82) is 0 Å². The highest BCUT2D eigenvalue weighted by Crippen LogP contribution is 2.33. The number of carbonyl (C=O) groups excluding carboxylic acids is 15. The van der Waals surface area contributed by atoms with Gasteiger partial charge in [-0.1, -0.05) is 147 Å². The third kappa shape index (κ3) is 42.0. The maximum Gasteiger partial charge on any atom is 0.227 e. The lowest BCUT2D eigenvalue weighted by Crippen LogP contribution is -2.46. The van der Waals surface area contributed by atoms with E-state index in [0.29, 0.717) is 194 Å². The molecule has 0 saturated carbocycles. The second-order valence-corrected chi connectivity index (χ2v) is 38.8.